The Bertz CT molecular complexity index is 274. The highest BCUT2D eigenvalue weighted by molar-refractivity contribution is 5.78. The van der Waals surface area contributed by atoms with Crippen molar-refractivity contribution in [1.29, 1.82) is 0 Å². The van der Waals surface area contributed by atoms with E-state index in [9.17, 15) is 4.79 Å². The molecule has 0 aromatic rings. The van der Waals surface area contributed by atoms with Gasteiger partial charge in [0, 0.05) is 25.8 Å². The molecule has 110 valence electrons. The fraction of sp³-hybridized carbons (Fsp3) is 0.929. The van der Waals surface area contributed by atoms with Gasteiger partial charge in [-0.3, -0.25) is 9.69 Å². The van der Waals surface area contributed by atoms with E-state index < -0.39 is 0 Å². The molecule has 5 nitrogen and oxygen atoms in total. The number of carbonyl (C=O) groups excluding carboxylic acids is 1. The summed E-state index contributed by atoms with van der Waals surface area (Å²) >= 11 is 0. The van der Waals surface area contributed by atoms with E-state index in [1.54, 1.807) is 0 Å². The Labute approximate surface area is 116 Å². The number of nitrogens with zero attached hydrogens (tertiary/aromatic N) is 1. The van der Waals surface area contributed by atoms with Crippen molar-refractivity contribution in [1.82, 2.24) is 15.5 Å². The SMILES string of the molecule is CN(CC(=O)NC1CCOCC1)CC1CCNCC1. The average molecular weight is 269 g/mol. The van der Waals surface area contributed by atoms with Crippen LogP contribution in [0.25, 0.3) is 0 Å². The summed E-state index contributed by atoms with van der Waals surface area (Å²) in [5, 5.41) is 6.49. The van der Waals surface area contributed by atoms with Crippen molar-refractivity contribution in [2.75, 3.05) is 46.4 Å². The normalized spacial score (nSPS) is 22.6. The summed E-state index contributed by atoms with van der Waals surface area (Å²) in [6.45, 7) is 5.33. The molecular formula is C14H27N3O2. The summed E-state index contributed by atoms with van der Waals surface area (Å²) in [5.41, 5.74) is 0. The third-order valence-electron chi connectivity index (χ3n) is 4.03. The molecule has 0 atom stereocenters. The van der Waals surface area contributed by atoms with Crippen LogP contribution in [-0.4, -0.2) is 63.3 Å². The van der Waals surface area contributed by atoms with E-state index in [1.807, 2.05) is 7.05 Å². The molecule has 0 bridgehead atoms. The zero-order valence-electron chi connectivity index (χ0n) is 12.0. The number of hydrogen-bond donors (Lipinski definition) is 2. The van der Waals surface area contributed by atoms with Crippen LogP contribution in [0, 0.1) is 5.92 Å². The summed E-state index contributed by atoms with van der Waals surface area (Å²) in [6.07, 6.45) is 4.35. The molecule has 2 N–H and O–H groups in total. The highest BCUT2D eigenvalue weighted by atomic mass is 16.5. The molecule has 0 spiro atoms. The fourth-order valence-corrected chi connectivity index (χ4v) is 2.93. The first-order valence-corrected chi connectivity index (χ1v) is 7.50. The third kappa shape index (κ3) is 5.47. The van der Waals surface area contributed by atoms with Gasteiger partial charge in [0.05, 0.1) is 6.54 Å². The van der Waals surface area contributed by atoms with Gasteiger partial charge in [-0.25, -0.2) is 0 Å². The molecule has 2 heterocycles. The summed E-state index contributed by atoms with van der Waals surface area (Å²) in [4.78, 5) is 14.1. The Morgan fingerprint density at radius 3 is 2.63 bits per heavy atom. The second-order valence-electron chi connectivity index (χ2n) is 5.84. The molecule has 2 aliphatic rings. The van der Waals surface area contributed by atoms with Crippen molar-refractivity contribution in [2.24, 2.45) is 5.92 Å². The van der Waals surface area contributed by atoms with Crippen LogP contribution in [0.3, 0.4) is 0 Å². The Balaban J connectivity index is 1.63. The number of amides is 1. The molecular weight excluding hydrogens is 242 g/mol. The van der Waals surface area contributed by atoms with Gasteiger partial charge >= 0.3 is 0 Å². The largest absolute Gasteiger partial charge is 0.381 e. The Morgan fingerprint density at radius 1 is 1.26 bits per heavy atom. The monoisotopic (exact) mass is 269 g/mol. The van der Waals surface area contributed by atoms with Gasteiger partial charge < -0.3 is 15.4 Å². The molecule has 2 fully saturated rings. The van der Waals surface area contributed by atoms with Gasteiger partial charge in [-0.15, -0.1) is 0 Å². The van der Waals surface area contributed by atoms with Crippen molar-refractivity contribution in [3.8, 4) is 0 Å². The van der Waals surface area contributed by atoms with Gasteiger partial charge in [0.2, 0.25) is 5.91 Å². The predicted octanol–water partition coefficient (Wildman–Crippen LogP) is 0.213. The average Bonchev–Trinajstić information content (AvgIpc) is 2.40. The van der Waals surface area contributed by atoms with Gasteiger partial charge in [0.1, 0.15) is 0 Å². The molecule has 0 saturated carbocycles. The fourth-order valence-electron chi connectivity index (χ4n) is 2.93. The number of nitrogens with one attached hydrogen (secondary N) is 2. The van der Waals surface area contributed by atoms with Crippen LogP contribution < -0.4 is 10.6 Å². The molecule has 19 heavy (non-hydrogen) atoms. The maximum atomic E-state index is 12.0. The Morgan fingerprint density at radius 2 is 1.95 bits per heavy atom. The van der Waals surface area contributed by atoms with E-state index in [4.69, 9.17) is 4.74 Å². The Hall–Kier alpha value is -0.650. The zero-order valence-corrected chi connectivity index (χ0v) is 12.0. The quantitative estimate of drug-likeness (QED) is 0.749. The maximum Gasteiger partial charge on any atom is 0.234 e. The van der Waals surface area contributed by atoms with Crippen LogP contribution in [0.5, 0.6) is 0 Å². The van der Waals surface area contributed by atoms with Crippen molar-refractivity contribution >= 4 is 5.91 Å². The zero-order chi connectivity index (χ0) is 13.5. The molecule has 2 aliphatic heterocycles. The Kier molecular flexibility index (Phi) is 6.07. The molecule has 0 aromatic heterocycles. The van der Waals surface area contributed by atoms with Crippen LogP contribution in [0.2, 0.25) is 0 Å². The first-order valence-electron chi connectivity index (χ1n) is 7.50. The lowest BCUT2D eigenvalue weighted by molar-refractivity contribution is -0.123. The minimum atomic E-state index is 0.156. The van der Waals surface area contributed by atoms with Crippen LogP contribution in [-0.2, 0) is 9.53 Å². The van der Waals surface area contributed by atoms with E-state index in [1.165, 1.54) is 12.8 Å². The molecule has 0 radical (unpaired) electrons. The number of likely N-dealkylation sites (N-methyl/N-ethyl adjacent to an activating group) is 1. The van der Waals surface area contributed by atoms with Crippen LogP contribution in [0.4, 0.5) is 0 Å². The van der Waals surface area contributed by atoms with Gasteiger partial charge in [0.25, 0.3) is 0 Å². The first kappa shape index (κ1) is 14.8. The van der Waals surface area contributed by atoms with Gasteiger partial charge in [0.15, 0.2) is 0 Å². The highest BCUT2D eigenvalue weighted by Gasteiger charge is 2.19. The lowest BCUT2D eigenvalue weighted by Crippen LogP contribution is -2.44. The van der Waals surface area contributed by atoms with Crippen LogP contribution in [0.15, 0.2) is 0 Å². The first-order chi connectivity index (χ1) is 9.24. The topological polar surface area (TPSA) is 53.6 Å². The van der Waals surface area contributed by atoms with E-state index in [0.717, 1.165) is 51.6 Å². The smallest absolute Gasteiger partial charge is 0.234 e. The molecule has 1 amide bonds. The van der Waals surface area contributed by atoms with E-state index in [2.05, 4.69) is 15.5 Å². The number of ether oxygens (including phenoxy) is 1. The maximum absolute atomic E-state index is 12.0. The molecule has 5 heteroatoms. The minimum Gasteiger partial charge on any atom is -0.381 e. The van der Waals surface area contributed by atoms with Crippen molar-refractivity contribution in [2.45, 2.75) is 31.7 Å². The van der Waals surface area contributed by atoms with E-state index in [0.29, 0.717) is 12.6 Å². The molecule has 0 unspecified atom stereocenters. The minimum absolute atomic E-state index is 0.156. The lowest BCUT2D eigenvalue weighted by atomic mass is 9.98. The second kappa shape index (κ2) is 7.82. The van der Waals surface area contributed by atoms with Crippen molar-refractivity contribution in [3.05, 3.63) is 0 Å². The summed E-state index contributed by atoms with van der Waals surface area (Å²) < 4.78 is 5.30. The van der Waals surface area contributed by atoms with Crippen molar-refractivity contribution < 1.29 is 9.53 Å². The van der Waals surface area contributed by atoms with Gasteiger partial charge in [-0.05, 0) is 51.7 Å². The number of carbonyl (C=O) groups is 1. The predicted molar refractivity (Wildman–Crippen MR) is 75.1 cm³/mol. The van der Waals surface area contributed by atoms with Gasteiger partial charge in [-0.2, -0.15) is 0 Å². The molecule has 2 saturated heterocycles. The second-order valence-corrected chi connectivity index (χ2v) is 5.84. The third-order valence-corrected chi connectivity index (χ3v) is 4.03. The van der Waals surface area contributed by atoms with Crippen LogP contribution in [0.1, 0.15) is 25.7 Å². The molecule has 0 aromatic carbocycles. The molecule has 0 aliphatic carbocycles. The van der Waals surface area contributed by atoms with E-state index >= 15 is 0 Å². The standard InChI is InChI=1S/C14H27N3O2/c1-17(10-12-2-6-15-7-3-12)11-14(18)16-13-4-8-19-9-5-13/h12-13,15H,2-11H2,1H3,(H,16,18). The van der Waals surface area contributed by atoms with E-state index in [-0.39, 0.29) is 5.91 Å². The molecule has 2 rings (SSSR count). The number of piperidine rings is 1. The number of hydrogen-bond acceptors (Lipinski definition) is 4. The highest BCUT2D eigenvalue weighted by Crippen LogP contribution is 2.12. The van der Waals surface area contributed by atoms with Crippen molar-refractivity contribution in [3.63, 3.8) is 0 Å². The van der Waals surface area contributed by atoms with Gasteiger partial charge in [-0.1, -0.05) is 0 Å². The van der Waals surface area contributed by atoms with Crippen LogP contribution >= 0.6 is 0 Å². The summed E-state index contributed by atoms with van der Waals surface area (Å²) in [7, 11) is 2.05. The summed E-state index contributed by atoms with van der Waals surface area (Å²) in [6, 6.07) is 0.313. The summed E-state index contributed by atoms with van der Waals surface area (Å²) in [5.74, 6) is 0.894. The lowest BCUT2D eigenvalue weighted by Gasteiger charge is -2.28. The number of rotatable bonds is 5.